The molecule has 1 saturated heterocycles. The number of rotatable bonds is 3. The normalized spacial score (nSPS) is 25.0. The van der Waals surface area contributed by atoms with E-state index in [4.69, 9.17) is 21.1 Å². The molecule has 1 aromatic carbocycles. The van der Waals surface area contributed by atoms with Gasteiger partial charge >= 0.3 is 0 Å². The van der Waals surface area contributed by atoms with Gasteiger partial charge in [0, 0.05) is 23.7 Å². The van der Waals surface area contributed by atoms with Crippen molar-refractivity contribution < 1.29 is 9.47 Å². The van der Waals surface area contributed by atoms with E-state index in [1.165, 1.54) is 32.1 Å². The van der Waals surface area contributed by atoms with Crippen LogP contribution in [0.1, 0.15) is 50.5 Å². The number of hydrogen-bond donors (Lipinski definition) is 0. The van der Waals surface area contributed by atoms with Crippen molar-refractivity contribution in [2.75, 3.05) is 6.61 Å². The first-order chi connectivity index (χ1) is 10.2. The smallest absolute Gasteiger partial charge is 0.142 e. The lowest BCUT2D eigenvalue weighted by molar-refractivity contribution is -0.129. The maximum absolute atomic E-state index is 6.33. The first kappa shape index (κ1) is 15.6. The molecule has 21 heavy (non-hydrogen) atoms. The molecule has 1 saturated carbocycles. The van der Waals surface area contributed by atoms with E-state index in [2.05, 4.69) is 22.0 Å². The van der Waals surface area contributed by atoms with E-state index >= 15 is 0 Å². The summed E-state index contributed by atoms with van der Waals surface area (Å²) >= 11 is 9.84. The summed E-state index contributed by atoms with van der Waals surface area (Å²) in [5.41, 5.74) is 1.18. The molecule has 1 aliphatic heterocycles. The number of ether oxygens (including phenoxy) is 2. The lowest BCUT2D eigenvalue weighted by Gasteiger charge is -2.43. The van der Waals surface area contributed by atoms with Crippen LogP contribution < -0.4 is 4.74 Å². The molecule has 4 heteroatoms. The molecule has 1 aliphatic carbocycles. The fourth-order valence-corrected chi connectivity index (χ4v) is 4.27. The molecular weight excluding hydrogens is 352 g/mol. The zero-order chi connectivity index (χ0) is 14.7. The van der Waals surface area contributed by atoms with Gasteiger partial charge in [-0.1, -0.05) is 58.9 Å². The van der Waals surface area contributed by atoms with E-state index in [1.54, 1.807) is 0 Å². The Morgan fingerprint density at radius 2 is 2.10 bits per heavy atom. The highest BCUT2D eigenvalue weighted by Gasteiger charge is 2.39. The van der Waals surface area contributed by atoms with Crippen molar-refractivity contribution in [3.8, 4) is 5.75 Å². The summed E-state index contributed by atoms with van der Waals surface area (Å²) in [4.78, 5) is 0. The van der Waals surface area contributed by atoms with Crippen molar-refractivity contribution >= 4 is 27.5 Å². The fourth-order valence-electron chi connectivity index (χ4n) is 3.59. The SMILES string of the molecule is Clc1cccc(CBr)c1OC1CCOC2(CCCCC2)C1. The summed E-state index contributed by atoms with van der Waals surface area (Å²) in [6, 6.07) is 5.93. The van der Waals surface area contributed by atoms with Crippen LogP contribution in [0.15, 0.2) is 18.2 Å². The van der Waals surface area contributed by atoms with Gasteiger partial charge in [0.05, 0.1) is 17.2 Å². The number of alkyl halides is 1. The quantitative estimate of drug-likeness (QED) is 0.652. The van der Waals surface area contributed by atoms with Gasteiger partial charge < -0.3 is 9.47 Å². The van der Waals surface area contributed by atoms with Gasteiger partial charge in [-0.25, -0.2) is 0 Å². The third-order valence-electron chi connectivity index (χ3n) is 4.69. The molecule has 1 unspecified atom stereocenters. The second-order valence-corrected chi connectivity index (χ2v) is 7.15. The Morgan fingerprint density at radius 3 is 2.86 bits per heavy atom. The summed E-state index contributed by atoms with van der Waals surface area (Å²) in [5.74, 6) is 0.842. The molecule has 2 nitrogen and oxygen atoms in total. The molecule has 1 atom stereocenters. The summed E-state index contributed by atoms with van der Waals surface area (Å²) in [6.45, 7) is 0.804. The van der Waals surface area contributed by atoms with E-state index in [0.717, 1.165) is 36.1 Å². The Bertz CT molecular complexity index is 480. The summed E-state index contributed by atoms with van der Waals surface area (Å²) in [6.07, 6.45) is 8.44. The molecule has 0 aromatic heterocycles. The average Bonchev–Trinajstić information content (AvgIpc) is 2.50. The van der Waals surface area contributed by atoms with Crippen molar-refractivity contribution in [2.24, 2.45) is 0 Å². The number of halogens is 2. The Kier molecular flexibility index (Phi) is 5.13. The van der Waals surface area contributed by atoms with Crippen molar-refractivity contribution in [1.29, 1.82) is 0 Å². The van der Waals surface area contributed by atoms with Gasteiger partial charge in [0.25, 0.3) is 0 Å². The van der Waals surface area contributed by atoms with Crippen LogP contribution in [0.2, 0.25) is 5.02 Å². The van der Waals surface area contributed by atoms with Gasteiger partial charge in [0.2, 0.25) is 0 Å². The van der Waals surface area contributed by atoms with Gasteiger partial charge in [-0.3, -0.25) is 0 Å². The van der Waals surface area contributed by atoms with E-state index in [-0.39, 0.29) is 11.7 Å². The van der Waals surface area contributed by atoms with Crippen LogP contribution >= 0.6 is 27.5 Å². The molecule has 0 amide bonds. The third kappa shape index (κ3) is 3.57. The van der Waals surface area contributed by atoms with E-state index in [1.807, 2.05) is 12.1 Å². The van der Waals surface area contributed by atoms with Gasteiger partial charge in [-0.2, -0.15) is 0 Å². The molecule has 0 radical (unpaired) electrons. The Labute approximate surface area is 140 Å². The highest BCUT2D eigenvalue weighted by Crippen LogP contribution is 2.41. The molecule has 1 spiro atoms. The lowest BCUT2D eigenvalue weighted by atomic mass is 9.79. The van der Waals surface area contributed by atoms with Crippen LogP contribution in [0.4, 0.5) is 0 Å². The fraction of sp³-hybridized carbons (Fsp3) is 0.647. The van der Waals surface area contributed by atoms with Gasteiger partial charge in [-0.15, -0.1) is 0 Å². The van der Waals surface area contributed by atoms with Crippen molar-refractivity contribution in [3.05, 3.63) is 28.8 Å². The standard InChI is InChI=1S/C17H22BrClO2/c18-12-13-5-4-6-15(19)16(13)21-14-7-10-20-17(11-14)8-2-1-3-9-17/h4-6,14H,1-3,7-12H2. The molecule has 0 bridgehead atoms. The zero-order valence-corrected chi connectivity index (χ0v) is 14.6. The number of hydrogen-bond acceptors (Lipinski definition) is 2. The summed E-state index contributed by atoms with van der Waals surface area (Å²) in [7, 11) is 0. The Morgan fingerprint density at radius 1 is 1.29 bits per heavy atom. The number of para-hydroxylation sites is 1. The topological polar surface area (TPSA) is 18.5 Å². The second-order valence-electron chi connectivity index (χ2n) is 6.19. The van der Waals surface area contributed by atoms with E-state index in [0.29, 0.717) is 5.02 Å². The van der Waals surface area contributed by atoms with E-state index in [9.17, 15) is 0 Å². The minimum atomic E-state index is 0.0665. The summed E-state index contributed by atoms with van der Waals surface area (Å²) in [5, 5.41) is 1.47. The summed E-state index contributed by atoms with van der Waals surface area (Å²) < 4.78 is 12.4. The van der Waals surface area contributed by atoms with Crippen LogP contribution in [0, 0.1) is 0 Å². The Hall–Kier alpha value is -0.250. The predicted molar refractivity (Wildman–Crippen MR) is 89.5 cm³/mol. The van der Waals surface area contributed by atoms with Crippen molar-refractivity contribution in [1.82, 2.24) is 0 Å². The van der Waals surface area contributed by atoms with Crippen LogP contribution in [0.3, 0.4) is 0 Å². The largest absolute Gasteiger partial charge is 0.488 e. The highest BCUT2D eigenvalue weighted by atomic mass is 79.9. The number of benzene rings is 1. The van der Waals surface area contributed by atoms with Gasteiger partial charge in [0.1, 0.15) is 11.9 Å². The minimum Gasteiger partial charge on any atom is -0.488 e. The van der Waals surface area contributed by atoms with Crippen molar-refractivity contribution in [3.63, 3.8) is 0 Å². The zero-order valence-electron chi connectivity index (χ0n) is 12.2. The van der Waals surface area contributed by atoms with Crippen LogP contribution in [-0.4, -0.2) is 18.3 Å². The molecule has 2 aliphatic rings. The van der Waals surface area contributed by atoms with Crippen LogP contribution in [0.25, 0.3) is 0 Å². The maximum atomic E-state index is 6.33. The first-order valence-electron chi connectivity index (χ1n) is 7.86. The minimum absolute atomic E-state index is 0.0665. The second kappa shape index (κ2) is 6.89. The Balaban J connectivity index is 1.73. The molecule has 116 valence electrons. The monoisotopic (exact) mass is 372 g/mol. The third-order valence-corrected chi connectivity index (χ3v) is 5.59. The lowest BCUT2D eigenvalue weighted by Crippen LogP contribution is -2.45. The molecule has 1 aromatic rings. The molecule has 0 N–H and O–H groups in total. The first-order valence-corrected chi connectivity index (χ1v) is 9.36. The highest BCUT2D eigenvalue weighted by molar-refractivity contribution is 9.08. The molecule has 2 fully saturated rings. The van der Waals surface area contributed by atoms with Crippen LogP contribution in [-0.2, 0) is 10.1 Å². The molecule has 3 rings (SSSR count). The van der Waals surface area contributed by atoms with Crippen molar-refractivity contribution in [2.45, 2.75) is 62.0 Å². The van der Waals surface area contributed by atoms with Gasteiger partial charge in [0.15, 0.2) is 0 Å². The predicted octanol–water partition coefficient (Wildman–Crippen LogP) is 5.50. The maximum Gasteiger partial charge on any atom is 0.142 e. The average molecular weight is 374 g/mol. The molecular formula is C17H22BrClO2. The van der Waals surface area contributed by atoms with Gasteiger partial charge in [-0.05, 0) is 18.9 Å². The van der Waals surface area contributed by atoms with E-state index < -0.39 is 0 Å². The van der Waals surface area contributed by atoms with Crippen LogP contribution in [0.5, 0.6) is 5.75 Å². The molecule has 1 heterocycles.